The molecule has 5 nitrogen and oxygen atoms in total. The highest BCUT2D eigenvalue weighted by atomic mass is 35.5. The van der Waals surface area contributed by atoms with E-state index in [0.29, 0.717) is 23.9 Å². The molecule has 0 spiro atoms. The molecule has 0 aliphatic rings. The molecule has 1 aromatic carbocycles. The van der Waals surface area contributed by atoms with Gasteiger partial charge in [0.1, 0.15) is 0 Å². The number of hydrogen-bond acceptors (Lipinski definition) is 5. The van der Waals surface area contributed by atoms with Crippen LogP contribution in [0.4, 0.5) is 0 Å². The van der Waals surface area contributed by atoms with Crippen LogP contribution in [0.1, 0.15) is 33.7 Å². The van der Waals surface area contributed by atoms with Crippen molar-refractivity contribution in [2.24, 2.45) is 0 Å². The fourth-order valence-corrected chi connectivity index (χ4v) is 3.65. The zero-order chi connectivity index (χ0) is 16.6. The molecule has 7 heteroatoms. The monoisotopic (exact) mass is 349 g/mol. The van der Waals surface area contributed by atoms with Crippen LogP contribution in [0.5, 0.6) is 0 Å². The molecule has 0 N–H and O–H groups in total. The molecule has 23 heavy (non-hydrogen) atoms. The van der Waals surface area contributed by atoms with Gasteiger partial charge in [-0.3, -0.25) is 4.68 Å². The number of carbonyl (C=O) groups excluding carboxylic acids is 1. The van der Waals surface area contributed by atoms with Gasteiger partial charge in [0, 0.05) is 16.3 Å². The summed E-state index contributed by atoms with van der Waals surface area (Å²) in [7, 11) is 0. The van der Waals surface area contributed by atoms with Crippen molar-refractivity contribution in [1.29, 1.82) is 0 Å². The molecule has 0 amide bonds. The van der Waals surface area contributed by atoms with Gasteiger partial charge in [-0.15, -0.1) is 11.3 Å². The first kappa shape index (κ1) is 16.0. The van der Waals surface area contributed by atoms with Crippen LogP contribution in [0.2, 0.25) is 5.02 Å². The minimum absolute atomic E-state index is 0.317. The van der Waals surface area contributed by atoms with Crippen LogP contribution in [0.15, 0.2) is 18.2 Å². The van der Waals surface area contributed by atoms with Gasteiger partial charge in [-0.2, -0.15) is 5.10 Å². The summed E-state index contributed by atoms with van der Waals surface area (Å²) in [5.74, 6) is -0.407. The van der Waals surface area contributed by atoms with Crippen LogP contribution in [-0.2, 0) is 11.3 Å². The predicted octanol–water partition coefficient (Wildman–Crippen LogP) is 3.99. The summed E-state index contributed by atoms with van der Waals surface area (Å²) < 4.78 is 7.82. The molecule has 2 aromatic heterocycles. The first-order chi connectivity index (χ1) is 11.0. The highest BCUT2D eigenvalue weighted by Crippen LogP contribution is 2.29. The fourth-order valence-electron chi connectivity index (χ4n) is 2.43. The number of ether oxygens (including phenoxy) is 1. The van der Waals surface area contributed by atoms with Crippen LogP contribution in [0.3, 0.4) is 0 Å². The molecule has 0 bridgehead atoms. The van der Waals surface area contributed by atoms with E-state index >= 15 is 0 Å². The Morgan fingerprint density at radius 3 is 2.87 bits per heavy atom. The highest BCUT2D eigenvalue weighted by molar-refractivity contribution is 7.18. The summed E-state index contributed by atoms with van der Waals surface area (Å²) >= 11 is 7.82. The number of benzene rings is 1. The minimum Gasteiger partial charge on any atom is -0.461 e. The lowest BCUT2D eigenvalue weighted by atomic mass is 10.2. The SMILES string of the molecule is CCOC(=O)c1cc(C)n(Cc2cc(Cl)cc3sc(C)nc23)n1. The Labute approximate surface area is 142 Å². The van der Waals surface area contributed by atoms with E-state index in [0.717, 1.165) is 26.5 Å². The maximum atomic E-state index is 11.8. The standard InChI is InChI=1S/C16H16ClN3O2S/c1-4-22-16(21)13-5-9(2)20(19-13)8-11-6-12(17)7-14-15(11)18-10(3)23-14/h5-7H,4,8H2,1-3H3. The Kier molecular flexibility index (Phi) is 4.37. The third-order valence-corrected chi connectivity index (χ3v) is 4.57. The molecular formula is C16H16ClN3O2S. The highest BCUT2D eigenvalue weighted by Gasteiger charge is 2.15. The van der Waals surface area contributed by atoms with Gasteiger partial charge in [-0.05, 0) is 39.0 Å². The molecule has 0 saturated heterocycles. The molecule has 3 aromatic rings. The van der Waals surface area contributed by atoms with Gasteiger partial charge in [0.25, 0.3) is 0 Å². The third kappa shape index (κ3) is 3.23. The summed E-state index contributed by atoms with van der Waals surface area (Å²) in [4.78, 5) is 16.4. The van der Waals surface area contributed by atoms with Crippen molar-refractivity contribution >= 4 is 39.1 Å². The number of carbonyl (C=O) groups is 1. The van der Waals surface area contributed by atoms with E-state index < -0.39 is 5.97 Å². The van der Waals surface area contributed by atoms with Crippen LogP contribution < -0.4 is 0 Å². The van der Waals surface area contributed by atoms with Crippen molar-refractivity contribution in [3.05, 3.63) is 45.2 Å². The second-order valence-corrected chi connectivity index (χ2v) is 6.86. The van der Waals surface area contributed by atoms with Gasteiger partial charge in [0.2, 0.25) is 0 Å². The van der Waals surface area contributed by atoms with E-state index in [1.807, 2.05) is 26.0 Å². The molecular weight excluding hydrogens is 334 g/mol. The van der Waals surface area contributed by atoms with Crippen molar-refractivity contribution < 1.29 is 9.53 Å². The van der Waals surface area contributed by atoms with Crippen molar-refractivity contribution in [1.82, 2.24) is 14.8 Å². The smallest absolute Gasteiger partial charge is 0.358 e. The molecule has 120 valence electrons. The van der Waals surface area contributed by atoms with Gasteiger partial charge < -0.3 is 4.74 Å². The average Bonchev–Trinajstić information content (AvgIpc) is 3.02. The Morgan fingerprint density at radius 1 is 1.35 bits per heavy atom. The number of hydrogen-bond donors (Lipinski definition) is 0. The second kappa shape index (κ2) is 6.29. The molecule has 0 atom stereocenters. The van der Waals surface area contributed by atoms with Gasteiger partial charge in [-0.1, -0.05) is 11.6 Å². The van der Waals surface area contributed by atoms with E-state index in [1.165, 1.54) is 0 Å². The second-order valence-electron chi connectivity index (χ2n) is 5.19. The van der Waals surface area contributed by atoms with Crippen LogP contribution in [0, 0.1) is 13.8 Å². The third-order valence-electron chi connectivity index (χ3n) is 3.43. The van der Waals surface area contributed by atoms with Crippen molar-refractivity contribution in [2.75, 3.05) is 6.61 Å². The molecule has 0 unspecified atom stereocenters. The molecule has 0 fully saturated rings. The summed E-state index contributed by atoms with van der Waals surface area (Å²) in [6.45, 7) is 6.49. The zero-order valence-corrected chi connectivity index (χ0v) is 14.7. The lowest BCUT2D eigenvalue weighted by Gasteiger charge is -2.06. The Balaban J connectivity index is 1.98. The summed E-state index contributed by atoms with van der Waals surface area (Å²) in [5.41, 5.74) is 3.12. The lowest BCUT2D eigenvalue weighted by molar-refractivity contribution is 0.0518. The van der Waals surface area contributed by atoms with Crippen LogP contribution in [-0.4, -0.2) is 27.3 Å². The van der Waals surface area contributed by atoms with Gasteiger partial charge in [0.05, 0.1) is 28.4 Å². The number of rotatable bonds is 4. The van der Waals surface area contributed by atoms with E-state index in [-0.39, 0.29) is 0 Å². The quantitative estimate of drug-likeness (QED) is 0.668. The number of nitrogens with zero attached hydrogens (tertiary/aromatic N) is 3. The van der Waals surface area contributed by atoms with Gasteiger partial charge >= 0.3 is 5.97 Å². The molecule has 0 aliphatic heterocycles. The first-order valence-electron chi connectivity index (χ1n) is 7.25. The summed E-state index contributed by atoms with van der Waals surface area (Å²) in [5, 5.41) is 6.01. The number of thiazole rings is 1. The van der Waals surface area contributed by atoms with Crippen LogP contribution in [0.25, 0.3) is 10.2 Å². The Hall–Kier alpha value is -1.92. The van der Waals surface area contributed by atoms with Crippen LogP contribution >= 0.6 is 22.9 Å². The summed E-state index contributed by atoms with van der Waals surface area (Å²) in [6, 6.07) is 5.55. The number of aromatic nitrogens is 3. The first-order valence-corrected chi connectivity index (χ1v) is 8.44. The number of esters is 1. The maximum Gasteiger partial charge on any atom is 0.358 e. The predicted molar refractivity (Wildman–Crippen MR) is 91.4 cm³/mol. The lowest BCUT2D eigenvalue weighted by Crippen LogP contribution is -2.08. The van der Waals surface area contributed by atoms with Gasteiger partial charge in [0.15, 0.2) is 5.69 Å². The number of aryl methyl sites for hydroxylation is 2. The maximum absolute atomic E-state index is 11.8. The topological polar surface area (TPSA) is 57.0 Å². The van der Waals surface area contributed by atoms with Crippen molar-refractivity contribution in [3.8, 4) is 0 Å². The number of halogens is 1. The number of fused-ring (bicyclic) bond motifs is 1. The van der Waals surface area contributed by atoms with E-state index in [2.05, 4.69) is 10.1 Å². The molecule has 0 radical (unpaired) electrons. The van der Waals surface area contributed by atoms with Crippen molar-refractivity contribution in [3.63, 3.8) is 0 Å². The van der Waals surface area contributed by atoms with E-state index in [9.17, 15) is 4.79 Å². The van der Waals surface area contributed by atoms with E-state index in [4.69, 9.17) is 16.3 Å². The average molecular weight is 350 g/mol. The minimum atomic E-state index is -0.407. The van der Waals surface area contributed by atoms with Gasteiger partial charge in [-0.25, -0.2) is 9.78 Å². The largest absolute Gasteiger partial charge is 0.461 e. The molecule has 0 aliphatic carbocycles. The Bertz CT molecular complexity index is 885. The van der Waals surface area contributed by atoms with Crippen molar-refractivity contribution in [2.45, 2.75) is 27.3 Å². The molecule has 0 saturated carbocycles. The summed E-state index contributed by atoms with van der Waals surface area (Å²) in [6.07, 6.45) is 0. The van der Waals surface area contributed by atoms with E-state index in [1.54, 1.807) is 29.0 Å². The zero-order valence-electron chi connectivity index (χ0n) is 13.1. The molecule has 3 rings (SSSR count). The fraction of sp³-hybridized carbons (Fsp3) is 0.312. The molecule has 2 heterocycles. The normalized spacial score (nSPS) is 11.1. The Morgan fingerprint density at radius 2 is 2.13 bits per heavy atom.